The summed E-state index contributed by atoms with van der Waals surface area (Å²) in [4.78, 5) is 51.2. The van der Waals surface area contributed by atoms with Crippen molar-refractivity contribution in [1.29, 1.82) is 0 Å². The third kappa shape index (κ3) is 6.19. The van der Waals surface area contributed by atoms with Gasteiger partial charge in [0, 0.05) is 10.7 Å². The molecule has 0 radical (unpaired) electrons. The number of carbonyl (C=O) groups excluding carboxylic acids is 4. The summed E-state index contributed by atoms with van der Waals surface area (Å²) >= 11 is 6.09. The van der Waals surface area contributed by atoms with Crippen LogP contribution in [0.3, 0.4) is 0 Å². The molecule has 1 heterocycles. The Labute approximate surface area is 224 Å². The molecule has 9 nitrogen and oxygen atoms in total. The number of ether oxygens (including phenoxy) is 2. The van der Waals surface area contributed by atoms with Crippen LogP contribution < -0.4 is 25.0 Å². The van der Waals surface area contributed by atoms with Gasteiger partial charge in [0.05, 0.1) is 12.3 Å². The van der Waals surface area contributed by atoms with Crippen LogP contribution in [0.2, 0.25) is 5.02 Å². The maximum Gasteiger partial charge on any atom is 0.335 e. The average Bonchev–Trinajstić information content (AvgIpc) is 2.89. The summed E-state index contributed by atoms with van der Waals surface area (Å²) < 4.78 is 11.0. The molecular formula is C28H24ClN3O6. The van der Waals surface area contributed by atoms with Gasteiger partial charge < -0.3 is 14.8 Å². The number of hydrogen-bond donors (Lipinski definition) is 2. The van der Waals surface area contributed by atoms with Gasteiger partial charge in [0.15, 0.2) is 6.61 Å². The highest BCUT2D eigenvalue weighted by Crippen LogP contribution is 2.25. The number of rotatable bonds is 8. The lowest BCUT2D eigenvalue weighted by Gasteiger charge is -2.26. The van der Waals surface area contributed by atoms with Crippen LogP contribution in [0.5, 0.6) is 11.5 Å². The zero-order chi connectivity index (χ0) is 27.2. The quantitative estimate of drug-likeness (QED) is 0.319. The molecule has 1 saturated heterocycles. The maximum atomic E-state index is 13.1. The van der Waals surface area contributed by atoms with Gasteiger partial charge in [0.2, 0.25) is 0 Å². The normalized spacial score (nSPS) is 14.3. The van der Waals surface area contributed by atoms with E-state index in [4.69, 9.17) is 21.1 Å². The topological polar surface area (TPSA) is 114 Å². The number of carbonyl (C=O) groups is 4. The van der Waals surface area contributed by atoms with Crippen molar-refractivity contribution in [3.05, 3.63) is 88.5 Å². The van der Waals surface area contributed by atoms with Crippen LogP contribution in [-0.4, -0.2) is 37.0 Å². The molecule has 0 aliphatic carbocycles. The number of anilines is 2. The van der Waals surface area contributed by atoms with E-state index in [1.54, 1.807) is 66.7 Å². The van der Waals surface area contributed by atoms with Gasteiger partial charge in [-0.05, 0) is 79.6 Å². The molecule has 3 aromatic rings. The molecule has 1 aliphatic heterocycles. The molecule has 0 bridgehead atoms. The first kappa shape index (κ1) is 26.4. The van der Waals surface area contributed by atoms with E-state index in [9.17, 15) is 19.2 Å². The Kier molecular flexibility index (Phi) is 8.08. The number of benzene rings is 3. The minimum atomic E-state index is -0.848. The van der Waals surface area contributed by atoms with Gasteiger partial charge in [0.1, 0.15) is 17.1 Å². The number of barbiturate groups is 1. The van der Waals surface area contributed by atoms with E-state index in [0.717, 1.165) is 10.5 Å². The van der Waals surface area contributed by atoms with Crippen molar-refractivity contribution in [2.45, 2.75) is 13.8 Å². The number of nitrogens with one attached hydrogen (secondary N) is 2. The summed E-state index contributed by atoms with van der Waals surface area (Å²) in [5.74, 6) is -1.05. The van der Waals surface area contributed by atoms with E-state index in [2.05, 4.69) is 10.6 Å². The Bertz CT molecular complexity index is 1430. The summed E-state index contributed by atoms with van der Waals surface area (Å²) in [6, 6.07) is 17.2. The van der Waals surface area contributed by atoms with Gasteiger partial charge in [-0.3, -0.25) is 19.7 Å². The number of urea groups is 1. The number of aryl methyl sites for hydroxylation is 1. The van der Waals surface area contributed by atoms with Crippen molar-refractivity contribution in [3.63, 3.8) is 0 Å². The number of hydrogen-bond acceptors (Lipinski definition) is 6. The van der Waals surface area contributed by atoms with Gasteiger partial charge in [-0.1, -0.05) is 29.8 Å². The zero-order valence-corrected chi connectivity index (χ0v) is 21.4. The smallest absolute Gasteiger partial charge is 0.335 e. The minimum absolute atomic E-state index is 0.232. The Morgan fingerprint density at radius 2 is 1.76 bits per heavy atom. The van der Waals surface area contributed by atoms with Gasteiger partial charge in [-0.2, -0.15) is 0 Å². The SMILES string of the molecule is CCOc1ccc(N2C(=O)NC(=O)/C(=C\c3cccc(OCC(=O)Nc4ccc(C)c(Cl)c4)c3)C2=O)cc1. The van der Waals surface area contributed by atoms with Crippen molar-refractivity contribution < 1.29 is 28.7 Å². The molecular weight excluding hydrogens is 510 g/mol. The number of nitrogens with zero attached hydrogens (tertiary/aromatic N) is 1. The van der Waals surface area contributed by atoms with Crippen LogP contribution in [0.15, 0.2) is 72.3 Å². The molecule has 0 aromatic heterocycles. The fourth-order valence-corrected chi connectivity index (χ4v) is 3.81. The minimum Gasteiger partial charge on any atom is -0.494 e. The lowest BCUT2D eigenvalue weighted by Crippen LogP contribution is -2.54. The van der Waals surface area contributed by atoms with Crippen molar-refractivity contribution in [1.82, 2.24) is 5.32 Å². The number of amides is 5. The molecule has 1 fully saturated rings. The van der Waals surface area contributed by atoms with Crippen LogP contribution in [0.25, 0.3) is 6.08 Å². The molecule has 4 rings (SSSR count). The molecule has 1 aliphatic rings. The predicted molar refractivity (Wildman–Crippen MR) is 143 cm³/mol. The summed E-state index contributed by atoms with van der Waals surface area (Å²) in [5.41, 5.74) is 1.95. The summed E-state index contributed by atoms with van der Waals surface area (Å²) in [7, 11) is 0. The van der Waals surface area contributed by atoms with E-state index in [0.29, 0.717) is 34.4 Å². The largest absolute Gasteiger partial charge is 0.494 e. The van der Waals surface area contributed by atoms with Crippen LogP contribution in [0, 0.1) is 6.92 Å². The molecule has 38 heavy (non-hydrogen) atoms. The van der Waals surface area contributed by atoms with Crippen LogP contribution >= 0.6 is 11.6 Å². The molecule has 0 atom stereocenters. The maximum absolute atomic E-state index is 13.1. The van der Waals surface area contributed by atoms with E-state index < -0.39 is 17.8 Å². The molecule has 194 valence electrons. The van der Waals surface area contributed by atoms with Crippen LogP contribution in [0.1, 0.15) is 18.1 Å². The van der Waals surface area contributed by atoms with E-state index in [1.165, 1.54) is 6.08 Å². The second-order valence-corrected chi connectivity index (χ2v) is 8.67. The fourth-order valence-electron chi connectivity index (χ4n) is 3.63. The molecule has 0 spiro atoms. The highest BCUT2D eigenvalue weighted by atomic mass is 35.5. The Balaban J connectivity index is 1.46. The van der Waals surface area contributed by atoms with Crippen molar-refractivity contribution in [2.75, 3.05) is 23.4 Å². The second-order valence-electron chi connectivity index (χ2n) is 8.26. The first-order chi connectivity index (χ1) is 18.2. The lowest BCUT2D eigenvalue weighted by molar-refractivity contribution is -0.122. The number of imide groups is 2. The molecule has 0 unspecified atom stereocenters. The standard InChI is InChI=1S/C28H24ClN3O6/c1-3-37-21-11-9-20(10-12-21)32-27(35)23(26(34)31-28(32)36)14-18-5-4-6-22(13-18)38-16-25(33)30-19-8-7-17(2)24(29)15-19/h4-15H,3,16H2,1-2H3,(H,30,33)(H,31,34,36)/b23-14+. The summed E-state index contributed by atoms with van der Waals surface area (Å²) in [6.07, 6.45) is 1.35. The van der Waals surface area contributed by atoms with E-state index >= 15 is 0 Å². The van der Waals surface area contributed by atoms with Crippen molar-refractivity contribution in [3.8, 4) is 11.5 Å². The Morgan fingerprint density at radius 1 is 1.00 bits per heavy atom. The summed E-state index contributed by atoms with van der Waals surface area (Å²) in [5, 5.41) is 5.43. The summed E-state index contributed by atoms with van der Waals surface area (Å²) in [6.45, 7) is 3.90. The Hall–Kier alpha value is -4.63. The van der Waals surface area contributed by atoms with Crippen molar-refractivity contribution in [2.24, 2.45) is 0 Å². The van der Waals surface area contributed by atoms with E-state index in [-0.39, 0.29) is 23.8 Å². The van der Waals surface area contributed by atoms with Gasteiger partial charge in [0.25, 0.3) is 17.7 Å². The first-order valence-corrected chi connectivity index (χ1v) is 12.1. The fraction of sp³-hybridized carbons (Fsp3) is 0.143. The van der Waals surface area contributed by atoms with Gasteiger partial charge in [-0.15, -0.1) is 0 Å². The Morgan fingerprint density at radius 3 is 2.47 bits per heavy atom. The zero-order valence-electron chi connectivity index (χ0n) is 20.6. The lowest BCUT2D eigenvalue weighted by atomic mass is 10.1. The van der Waals surface area contributed by atoms with Crippen LogP contribution in [0.4, 0.5) is 16.2 Å². The van der Waals surface area contributed by atoms with E-state index in [1.807, 2.05) is 13.8 Å². The molecule has 5 amide bonds. The second kappa shape index (κ2) is 11.6. The predicted octanol–water partition coefficient (Wildman–Crippen LogP) is 4.73. The molecule has 2 N–H and O–H groups in total. The van der Waals surface area contributed by atoms with Gasteiger partial charge >= 0.3 is 6.03 Å². The first-order valence-electron chi connectivity index (χ1n) is 11.7. The van der Waals surface area contributed by atoms with Crippen molar-refractivity contribution >= 4 is 52.8 Å². The number of halogens is 1. The molecule has 0 saturated carbocycles. The highest BCUT2D eigenvalue weighted by Gasteiger charge is 2.36. The van der Waals surface area contributed by atoms with Crippen LogP contribution in [-0.2, 0) is 14.4 Å². The molecule has 10 heteroatoms. The average molecular weight is 534 g/mol. The van der Waals surface area contributed by atoms with Gasteiger partial charge in [-0.25, -0.2) is 9.69 Å². The monoisotopic (exact) mass is 533 g/mol. The molecule has 3 aromatic carbocycles. The third-order valence-electron chi connectivity index (χ3n) is 5.50. The third-order valence-corrected chi connectivity index (χ3v) is 5.91. The highest BCUT2D eigenvalue weighted by molar-refractivity contribution is 6.39.